The van der Waals surface area contributed by atoms with Gasteiger partial charge in [-0.3, -0.25) is 0 Å². The van der Waals surface area contributed by atoms with Crippen LogP contribution in [-0.4, -0.2) is 11.2 Å². The Morgan fingerprint density at radius 3 is 2.38 bits per heavy atom. The summed E-state index contributed by atoms with van der Waals surface area (Å²) in [6, 6.07) is 2.22. The van der Waals surface area contributed by atoms with Crippen LogP contribution in [0.25, 0.3) is 0 Å². The van der Waals surface area contributed by atoms with Gasteiger partial charge in [-0.1, -0.05) is 11.6 Å². The van der Waals surface area contributed by atoms with E-state index in [1.165, 1.54) is 17.8 Å². The zero-order valence-corrected chi connectivity index (χ0v) is 8.09. The number of pyridine rings is 1. The Labute approximate surface area is 82.3 Å². The van der Waals surface area contributed by atoms with Crippen LogP contribution in [0.3, 0.4) is 0 Å². The summed E-state index contributed by atoms with van der Waals surface area (Å²) < 4.78 is 36.5. The van der Waals surface area contributed by atoms with Gasteiger partial charge in [0.25, 0.3) is 0 Å². The summed E-state index contributed by atoms with van der Waals surface area (Å²) >= 11 is 6.59. The van der Waals surface area contributed by atoms with E-state index in [9.17, 15) is 13.2 Å². The lowest BCUT2D eigenvalue weighted by Gasteiger charge is -2.08. The van der Waals surface area contributed by atoms with Crippen molar-refractivity contribution in [3.8, 4) is 0 Å². The topological polar surface area (TPSA) is 12.9 Å². The zero-order valence-electron chi connectivity index (χ0n) is 6.52. The van der Waals surface area contributed by atoms with E-state index in [1.807, 2.05) is 0 Å². The van der Waals surface area contributed by atoms with Crippen LogP contribution in [0.4, 0.5) is 13.2 Å². The molecule has 0 aromatic carbocycles. The van der Waals surface area contributed by atoms with Crippen molar-refractivity contribution >= 4 is 23.4 Å². The van der Waals surface area contributed by atoms with E-state index in [0.717, 1.165) is 6.07 Å². The predicted molar refractivity (Wildman–Crippen MR) is 46.0 cm³/mol. The maximum absolute atomic E-state index is 12.2. The zero-order chi connectivity index (χ0) is 10.1. The Kier molecular flexibility index (Phi) is 3.08. The van der Waals surface area contributed by atoms with Gasteiger partial charge in [0, 0.05) is 0 Å². The summed E-state index contributed by atoms with van der Waals surface area (Å²) in [5.41, 5.74) is -0.896. The van der Waals surface area contributed by atoms with Crippen molar-refractivity contribution in [3.63, 3.8) is 0 Å². The van der Waals surface area contributed by atoms with Crippen LogP contribution in [0.1, 0.15) is 5.56 Å². The van der Waals surface area contributed by atoms with Crippen molar-refractivity contribution in [2.75, 3.05) is 6.26 Å². The van der Waals surface area contributed by atoms with Gasteiger partial charge in [-0.25, -0.2) is 4.98 Å². The van der Waals surface area contributed by atoms with Crippen LogP contribution in [0, 0.1) is 0 Å². The molecule has 0 aliphatic rings. The van der Waals surface area contributed by atoms with E-state index in [4.69, 9.17) is 11.6 Å². The van der Waals surface area contributed by atoms with Crippen LogP contribution >= 0.6 is 23.4 Å². The predicted octanol–water partition coefficient (Wildman–Crippen LogP) is 3.48. The van der Waals surface area contributed by atoms with Crippen LogP contribution in [0.5, 0.6) is 0 Å². The maximum atomic E-state index is 12.2. The molecule has 0 atom stereocenters. The fraction of sp³-hybridized carbons (Fsp3) is 0.286. The average molecular weight is 228 g/mol. The molecule has 72 valence electrons. The standard InChI is InChI=1S/C7H5ClF3NS/c1-13-5-3-2-4(6(8)12-5)7(9,10)11/h2-3H,1H3. The SMILES string of the molecule is CSc1ccc(C(F)(F)F)c(Cl)n1. The van der Waals surface area contributed by atoms with Crippen molar-refractivity contribution in [1.29, 1.82) is 0 Å². The minimum Gasteiger partial charge on any atom is -0.229 e. The van der Waals surface area contributed by atoms with Gasteiger partial charge in [0.1, 0.15) is 5.15 Å². The number of halogens is 4. The Morgan fingerprint density at radius 1 is 1.38 bits per heavy atom. The van der Waals surface area contributed by atoms with Crippen LogP contribution in [0.15, 0.2) is 17.2 Å². The summed E-state index contributed by atoms with van der Waals surface area (Å²) in [6.07, 6.45) is -2.72. The highest BCUT2D eigenvalue weighted by molar-refractivity contribution is 7.98. The van der Waals surface area contributed by atoms with Crippen molar-refractivity contribution in [3.05, 3.63) is 22.8 Å². The van der Waals surface area contributed by atoms with E-state index in [2.05, 4.69) is 4.98 Å². The molecule has 0 N–H and O–H groups in total. The molecule has 0 saturated heterocycles. The van der Waals surface area contributed by atoms with Gasteiger partial charge in [0.2, 0.25) is 0 Å². The lowest BCUT2D eigenvalue weighted by atomic mass is 10.3. The number of hydrogen-bond acceptors (Lipinski definition) is 2. The molecule has 0 radical (unpaired) electrons. The minimum atomic E-state index is -4.43. The fourth-order valence-electron chi connectivity index (χ4n) is 0.743. The van der Waals surface area contributed by atoms with Crippen molar-refractivity contribution < 1.29 is 13.2 Å². The second-order valence-electron chi connectivity index (χ2n) is 2.19. The molecule has 0 fully saturated rings. The van der Waals surface area contributed by atoms with Crippen LogP contribution in [0.2, 0.25) is 5.15 Å². The molecular weight excluding hydrogens is 223 g/mol. The van der Waals surface area contributed by atoms with E-state index < -0.39 is 16.9 Å². The number of rotatable bonds is 1. The quantitative estimate of drug-likeness (QED) is 0.538. The number of alkyl halides is 3. The van der Waals surface area contributed by atoms with Gasteiger partial charge in [0.05, 0.1) is 10.6 Å². The molecule has 0 amide bonds. The highest BCUT2D eigenvalue weighted by Gasteiger charge is 2.33. The van der Waals surface area contributed by atoms with Gasteiger partial charge in [0.15, 0.2) is 0 Å². The van der Waals surface area contributed by atoms with Gasteiger partial charge in [-0.2, -0.15) is 13.2 Å². The van der Waals surface area contributed by atoms with Crippen molar-refractivity contribution in [1.82, 2.24) is 4.98 Å². The number of thioether (sulfide) groups is 1. The van der Waals surface area contributed by atoms with Crippen molar-refractivity contribution in [2.45, 2.75) is 11.2 Å². The molecule has 6 heteroatoms. The van der Waals surface area contributed by atoms with Crippen LogP contribution < -0.4 is 0 Å². The first-order valence-corrected chi connectivity index (χ1v) is 4.83. The molecule has 0 bridgehead atoms. The molecule has 1 aromatic heterocycles. The highest BCUT2D eigenvalue weighted by atomic mass is 35.5. The molecule has 1 rings (SSSR count). The smallest absolute Gasteiger partial charge is 0.229 e. The van der Waals surface area contributed by atoms with Gasteiger partial charge in [-0.05, 0) is 18.4 Å². The first-order chi connectivity index (χ1) is 5.95. The Bertz CT molecular complexity index is 313. The second kappa shape index (κ2) is 3.75. The largest absolute Gasteiger partial charge is 0.419 e. The molecule has 13 heavy (non-hydrogen) atoms. The second-order valence-corrected chi connectivity index (χ2v) is 3.37. The van der Waals surface area contributed by atoms with Crippen molar-refractivity contribution in [2.24, 2.45) is 0 Å². The Morgan fingerprint density at radius 2 is 2.00 bits per heavy atom. The van der Waals surface area contributed by atoms with E-state index in [1.54, 1.807) is 6.26 Å². The molecular formula is C7H5ClF3NS. The molecule has 0 unspecified atom stereocenters. The van der Waals surface area contributed by atoms with E-state index >= 15 is 0 Å². The third-order valence-electron chi connectivity index (χ3n) is 1.34. The summed E-state index contributed by atoms with van der Waals surface area (Å²) in [5.74, 6) is 0. The number of aromatic nitrogens is 1. The third-order valence-corrected chi connectivity index (χ3v) is 2.27. The Balaban J connectivity index is 3.13. The van der Waals surface area contributed by atoms with Crippen LogP contribution in [-0.2, 0) is 6.18 Å². The third kappa shape index (κ3) is 2.51. The molecule has 1 aromatic rings. The lowest BCUT2D eigenvalue weighted by Crippen LogP contribution is -2.06. The fourth-order valence-corrected chi connectivity index (χ4v) is 1.44. The van der Waals surface area contributed by atoms with E-state index in [0.29, 0.717) is 5.03 Å². The number of nitrogens with zero attached hydrogens (tertiary/aromatic N) is 1. The monoisotopic (exact) mass is 227 g/mol. The summed E-state index contributed by atoms with van der Waals surface area (Å²) in [4.78, 5) is 3.57. The highest BCUT2D eigenvalue weighted by Crippen LogP contribution is 2.34. The first kappa shape index (κ1) is 10.7. The van der Waals surface area contributed by atoms with Gasteiger partial charge in [-0.15, -0.1) is 11.8 Å². The molecule has 0 aliphatic heterocycles. The first-order valence-electron chi connectivity index (χ1n) is 3.23. The van der Waals surface area contributed by atoms with E-state index in [-0.39, 0.29) is 0 Å². The Hall–Kier alpha value is -0.420. The summed E-state index contributed by atoms with van der Waals surface area (Å²) in [6.45, 7) is 0. The lowest BCUT2D eigenvalue weighted by molar-refractivity contribution is -0.137. The maximum Gasteiger partial charge on any atom is 0.419 e. The van der Waals surface area contributed by atoms with Gasteiger partial charge >= 0.3 is 6.18 Å². The molecule has 0 spiro atoms. The number of hydrogen-bond donors (Lipinski definition) is 0. The minimum absolute atomic E-state index is 0.470. The molecule has 0 aliphatic carbocycles. The summed E-state index contributed by atoms with van der Waals surface area (Å²) in [7, 11) is 0. The molecule has 1 nitrogen and oxygen atoms in total. The normalized spacial score (nSPS) is 11.8. The molecule has 1 heterocycles. The summed E-state index contributed by atoms with van der Waals surface area (Å²) in [5, 5.41) is -0.0302. The average Bonchev–Trinajstić information content (AvgIpc) is 2.01. The molecule has 0 saturated carbocycles. The van der Waals surface area contributed by atoms with Gasteiger partial charge < -0.3 is 0 Å².